The average Bonchev–Trinajstić information content (AvgIpc) is 0.779. The third-order valence-electron chi connectivity index (χ3n) is 22.8. The van der Waals surface area contributed by atoms with Gasteiger partial charge < -0.3 is 51.1 Å². The molecule has 0 spiro atoms. The number of halogens is 4. The van der Waals surface area contributed by atoms with Gasteiger partial charge in [-0.15, -0.1) is 0 Å². The summed E-state index contributed by atoms with van der Waals surface area (Å²) in [5, 5.41) is 25.9. The molecule has 0 aliphatic carbocycles. The van der Waals surface area contributed by atoms with E-state index in [0.29, 0.717) is 123 Å². The summed E-state index contributed by atoms with van der Waals surface area (Å²) in [5.41, 5.74) is 15.0. The van der Waals surface area contributed by atoms with Gasteiger partial charge in [-0.3, -0.25) is 29.0 Å². The van der Waals surface area contributed by atoms with E-state index in [4.69, 9.17) is 57.9 Å². The van der Waals surface area contributed by atoms with Gasteiger partial charge in [0, 0.05) is 144 Å². The van der Waals surface area contributed by atoms with E-state index in [-0.39, 0.29) is 65.7 Å². The lowest BCUT2D eigenvalue weighted by molar-refractivity contribution is -0.146. The Morgan fingerprint density at radius 1 is 0.425 bits per heavy atom. The number of aliphatic hydroxyl groups is 2. The van der Waals surface area contributed by atoms with Crippen molar-refractivity contribution in [3.05, 3.63) is 211 Å². The molecule has 6 N–H and O–H groups in total. The molecule has 6 aromatic carbocycles. The second-order valence-corrected chi connectivity index (χ2v) is 32.6. The lowest BCUT2D eigenvalue weighted by Gasteiger charge is -2.49. The van der Waals surface area contributed by atoms with E-state index in [1.807, 2.05) is 148 Å². The average molecular weight is 1530 g/mol. The van der Waals surface area contributed by atoms with Gasteiger partial charge in [0.2, 0.25) is 23.6 Å². The van der Waals surface area contributed by atoms with Gasteiger partial charge in [0.05, 0.1) is 23.7 Å². The van der Waals surface area contributed by atoms with Crippen LogP contribution in [0.1, 0.15) is 157 Å². The van der Waals surface area contributed by atoms with Crippen LogP contribution < -0.4 is 11.5 Å². The fourth-order valence-corrected chi connectivity index (χ4v) is 17.3. The van der Waals surface area contributed by atoms with Crippen molar-refractivity contribution in [2.75, 3.05) is 91.6 Å². The molecular formula is C84H108Cl4N10O8. The quantitative estimate of drug-likeness (QED) is 0.0637. The van der Waals surface area contributed by atoms with Crippen molar-refractivity contribution in [3.8, 4) is 0 Å². The molecule has 0 unspecified atom stereocenters. The zero-order valence-electron chi connectivity index (χ0n) is 62.2. The standard InChI is InChI=1S/C29H38Cl2N4O2.C28H36Cl2N4O3.C27H34N2O3/c1-20(2)17-26-19-34(15-16-35(26)27(36)18-21-11-13-33(14-12-21)29(32)37)28(22-3-7-24(30)8-4-22)23-5-9-25(31)10-6-23;1-28(2,37)24-18-33(15-16-34(24)25(35)17-19-11-13-32(14-12-19)27(31)36)26(20-3-7-22(29)8-4-20)21-5-9-23(30)10-6-21;1-21(30)28-16-12-22(13-17-28)20-26(31)29-18-14-25(15-19-29)27(32,23-8-4-2-5-9-23)24-10-6-3-7-11-24/h3-10,20-21,26,28H,11-19H2,1-2H3,(H2,32,37);3-10,19,24,26,37H,11-18H2,1-2H3,(H2,31,36);2-11,22,25,32H,12-20H2,1H3/t26-;24-;/m01./s1. The molecule has 2 atom stereocenters. The largest absolute Gasteiger partial charge is 0.388 e. The van der Waals surface area contributed by atoms with E-state index in [2.05, 4.69) is 52.8 Å². The molecule has 12 rings (SSSR count). The summed E-state index contributed by atoms with van der Waals surface area (Å²) in [6.07, 6.45) is 9.02. The van der Waals surface area contributed by atoms with Crippen molar-refractivity contribution in [3.63, 3.8) is 0 Å². The zero-order valence-corrected chi connectivity index (χ0v) is 65.2. The van der Waals surface area contributed by atoms with Crippen LogP contribution in [0.25, 0.3) is 0 Å². The van der Waals surface area contributed by atoms with Crippen LogP contribution in [-0.4, -0.2) is 194 Å². The number of hydrogen-bond donors (Lipinski definition) is 4. The van der Waals surface area contributed by atoms with Crippen LogP contribution in [0.2, 0.25) is 20.1 Å². The number of piperazine rings is 2. The molecule has 0 saturated carbocycles. The maximum absolute atomic E-state index is 13.5. The number of amides is 8. The molecular weight excluding hydrogens is 1420 g/mol. The molecule has 0 radical (unpaired) electrons. The first-order chi connectivity index (χ1) is 50.7. The highest BCUT2D eigenvalue weighted by molar-refractivity contribution is 6.31. The number of nitrogens with zero attached hydrogens (tertiary/aromatic N) is 8. The van der Waals surface area contributed by atoms with Gasteiger partial charge >= 0.3 is 12.1 Å². The normalized spacial score (nSPS) is 19.4. The van der Waals surface area contributed by atoms with Crippen molar-refractivity contribution in [2.24, 2.45) is 41.1 Å². The van der Waals surface area contributed by atoms with Crippen molar-refractivity contribution in [1.82, 2.24) is 39.2 Å². The van der Waals surface area contributed by atoms with Gasteiger partial charge in [0.1, 0.15) is 5.60 Å². The lowest BCUT2D eigenvalue weighted by atomic mass is 9.72. The summed E-state index contributed by atoms with van der Waals surface area (Å²) < 4.78 is 0. The first kappa shape index (κ1) is 81.3. The summed E-state index contributed by atoms with van der Waals surface area (Å²) in [4.78, 5) is 90.4. The highest BCUT2D eigenvalue weighted by Gasteiger charge is 2.45. The first-order valence-electron chi connectivity index (χ1n) is 38.0. The Labute approximate surface area is 647 Å². The number of urea groups is 2. The number of benzene rings is 6. The van der Waals surface area contributed by atoms with Gasteiger partial charge in [-0.05, 0) is 183 Å². The Morgan fingerprint density at radius 3 is 1.10 bits per heavy atom. The van der Waals surface area contributed by atoms with Crippen molar-refractivity contribution >= 4 is 82.1 Å². The minimum atomic E-state index is -1.09. The molecule has 6 fully saturated rings. The zero-order chi connectivity index (χ0) is 75.8. The van der Waals surface area contributed by atoms with E-state index < -0.39 is 17.2 Å². The Bertz CT molecular complexity index is 3690. The van der Waals surface area contributed by atoms with Crippen LogP contribution in [0.4, 0.5) is 9.59 Å². The highest BCUT2D eigenvalue weighted by Crippen LogP contribution is 2.43. The van der Waals surface area contributed by atoms with Crippen LogP contribution in [-0.2, 0) is 24.8 Å². The molecule has 8 amide bonds. The van der Waals surface area contributed by atoms with Gasteiger partial charge in [-0.2, -0.15) is 0 Å². The molecule has 0 aromatic heterocycles. The summed E-state index contributed by atoms with van der Waals surface area (Å²) in [5.74, 6) is 2.03. The molecule has 6 heterocycles. The Morgan fingerprint density at radius 2 is 0.755 bits per heavy atom. The van der Waals surface area contributed by atoms with Crippen molar-refractivity contribution < 1.29 is 39.0 Å². The summed E-state index contributed by atoms with van der Waals surface area (Å²) in [6.45, 7) is 18.9. The summed E-state index contributed by atoms with van der Waals surface area (Å²) in [6, 6.07) is 50.6. The third-order valence-corrected chi connectivity index (χ3v) is 23.8. The minimum absolute atomic E-state index is 0.0511. The maximum atomic E-state index is 13.5. The summed E-state index contributed by atoms with van der Waals surface area (Å²) >= 11 is 24.8. The molecule has 22 heteroatoms. The van der Waals surface area contributed by atoms with E-state index in [9.17, 15) is 39.0 Å². The molecule has 6 aromatic rings. The fourth-order valence-electron chi connectivity index (χ4n) is 16.8. The smallest absolute Gasteiger partial charge is 0.314 e. The second kappa shape index (κ2) is 37.7. The van der Waals surface area contributed by atoms with Gasteiger partial charge in [0.25, 0.3) is 0 Å². The molecule has 6 aliphatic rings. The predicted octanol–water partition coefficient (Wildman–Crippen LogP) is 14.2. The van der Waals surface area contributed by atoms with Gasteiger partial charge in [0.15, 0.2) is 0 Å². The Hall–Kier alpha value is -7.26. The molecule has 6 saturated heterocycles. The number of carbonyl (C=O) groups excluding carboxylic acids is 6. The van der Waals surface area contributed by atoms with E-state index in [1.54, 1.807) is 30.6 Å². The number of carbonyl (C=O) groups is 6. The van der Waals surface area contributed by atoms with Crippen molar-refractivity contribution in [2.45, 2.75) is 147 Å². The number of likely N-dealkylation sites (tertiary alicyclic amines) is 4. The lowest BCUT2D eigenvalue weighted by Crippen LogP contribution is -2.63. The Balaban J connectivity index is 0.000000171. The number of hydrogen-bond acceptors (Lipinski definition) is 10. The third kappa shape index (κ3) is 21.6. The predicted molar refractivity (Wildman–Crippen MR) is 421 cm³/mol. The number of primary amides is 2. The molecule has 0 bridgehead atoms. The SMILES string of the molecule is CC(=O)N1CCC(CC(=O)N2CCC(C(O)(c3ccccc3)c3ccccc3)CC2)CC1.CC(C)(O)[C@H]1CN(C(c2ccc(Cl)cc2)c2ccc(Cl)cc2)CCN1C(=O)CC1CCN(C(N)=O)CC1.CC(C)C[C@H]1CN(C(c2ccc(Cl)cc2)c2ccc(Cl)cc2)CCN1C(=O)CC1CCN(C(N)=O)CC1. The number of rotatable bonds is 18. The fraction of sp³-hybridized carbons (Fsp3) is 0.500. The minimum Gasteiger partial charge on any atom is -0.388 e. The topological polar surface area (TPSA) is 221 Å². The van der Waals surface area contributed by atoms with Crippen LogP contribution in [0.15, 0.2) is 158 Å². The number of piperidine rings is 4. The van der Waals surface area contributed by atoms with E-state index in [0.717, 1.165) is 106 Å². The molecule has 6 aliphatic heterocycles. The van der Waals surface area contributed by atoms with Crippen LogP contribution in [0.3, 0.4) is 0 Å². The Kier molecular flexibility index (Phi) is 28.9. The van der Waals surface area contributed by atoms with Gasteiger partial charge in [-0.25, -0.2) is 9.59 Å². The number of nitrogens with two attached hydrogens (primary N) is 2. The van der Waals surface area contributed by atoms with Gasteiger partial charge in [-0.1, -0.05) is 169 Å². The summed E-state index contributed by atoms with van der Waals surface area (Å²) in [7, 11) is 0. The van der Waals surface area contributed by atoms with Crippen molar-refractivity contribution in [1.29, 1.82) is 0 Å². The van der Waals surface area contributed by atoms with E-state index in [1.165, 1.54) is 11.1 Å². The maximum Gasteiger partial charge on any atom is 0.314 e. The van der Waals surface area contributed by atoms with E-state index >= 15 is 0 Å². The molecule has 18 nitrogen and oxygen atoms in total. The monoisotopic (exact) mass is 1520 g/mol. The van der Waals surface area contributed by atoms with Crippen LogP contribution in [0.5, 0.6) is 0 Å². The molecule has 106 heavy (non-hydrogen) atoms. The van der Waals surface area contributed by atoms with Crippen LogP contribution in [0, 0.1) is 29.6 Å². The van der Waals surface area contributed by atoms with Crippen LogP contribution >= 0.6 is 46.4 Å². The molecule has 570 valence electrons. The highest BCUT2D eigenvalue weighted by atomic mass is 35.5. The second-order valence-electron chi connectivity index (χ2n) is 30.9. The first-order valence-corrected chi connectivity index (χ1v) is 39.5.